The number of hydrogen-bond donors (Lipinski definition) is 0. The van der Waals surface area contributed by atoms with Gasteiger partial charge in [-0.1, -0.05) is 0 Å². The minimum Gasteiger partial charge on any atom is -0.870 e. The second-order valence-electron chi connectivity index (χ2n) is 1.13. The second kappa shape index (κ2) is 6.04. The Morgan fingerprint density at radius 3 is 2.44 bits per heavy atom. The van der Waals surface area contributed by atoms with Crippen LogP contribution in [0.2, 0.25) is 0 Å². The first-order valence-corrected chi connectivity index (χ1v) is 1.92. The van der Waals surface area contributed by atoms with E-state index < -0.39 is 0 Å². The molecule has 0 aliphatic rings. The molecule has 0 aromatic carbocycles. The summed E-state index contributed by atoms with van der Waals surface area (Å²) in [4.78, 5) is 9.77. The molecule has 1 N–H and O–H groups in total. The molecule has 1 rings (SSSR count). The number of carbonyl (C=O) groups excluding carboxylic acids is 1. The number of carbonyl (C=O) groups is 1. The summed E-state index contributed by atoms with van der Waals surface area (Å²) in [5, 5.41) is 0. The molecule has 0 atom stereocenters. The van der Waals surface area contributed by atoms with Gasteiger partial charge >= 0.3 is 29.6 Å². The molecule has 1 heterocycles. The van der Waals surface area contributed by atoms with Crippen LogP contribution in [0.4, 0.5) is 0 Å². The average molecular weight is 136 g/mol. The summed E-state index contributed by atoms with van der Waals surface area (Å²) in [5.41, 5.74) is 0. The average Bonchev–Trinajstić information content (AvgIpc) is 2.14. The number of aldehydes is 1. The molecule has 0 aliphatic heterocycles. The molecule has 0 bridgehead atoms. The van der Waals surface area contributed by atoms with E-state index in [0.717, 1.165) is 0 Å². The Labute approximate surface area is 74.6 Å². The molecular formula is C5H5NaO3. The number of furan rings is 1. The van der Waals surface area contributed by atoms with E-state index in [9.17, 15) is 4.79 Å². The van der Waals surface area contributed by atoms with E-state index in [2.05, 4.69) is 4.42 Å². The smallest absolute Gasteiger partial charge is 0.870 e. The van der Waals surface area contributed by atoms with Gasteiger partial charge < -0.3 is 9.89 Å². The first-order chi connectivity index (χ1) is 3.43. The van der Waals surface area contributed by atoms with Gasteiger partial charge in [-0.25, -0.2) is 0 Å². The van der Waals surface area contributed by atoms with Crippen molar-refractivity contribution in [3.05, 3.63) is 24.2 Å². The minimum absolute atomic E-state index is 0. The zero-order valence-corrected chi connectivity index (χ0v) is 7.07. The summed E-state index contributed by atoms with van der Waals surface area (Å²) < 4.78 is 4.61. The van der Waals surface area contributed by atoms with E-state index in [1.807, 2.05) is 0 Å². The van der Waals surface area contributed by atoms with Crippen molar-refractivity contribution in [2.45, 2.75) is 0 Å². The molecule has 1 aromatic rings. The molecule has 44 valence electrons. The summed E-state index contributed by atoms with van der Waals surface area (Å²) in [6, 6.07) is 3.27. The van der Waals surface area contributed by atoms with E-state index in [1.165, 1.54) is 6.26 Å². The van der Waals surface area contributed by atoms with Gasteiger partial charge in [0.05, 0.1) is 6.26 Å². The Balaban J connectivity index is 0. The number of rotatable bonds is 1. The third-order valence-electron chi connectivity index (χ3n) is 0.659. The van der Waals surface area contributed by atoms with E-state index in [0.29, 0.717) is 12.0 Å². The van der Waals surface area contributed by atoms with Crippen LogP contribution in [0.3, 0.4) is 0 Å². The molecule has 3 nitrogen and oxygen atoms in total. The van der Waals surface area contributed by atoms with Crippen molar-refractivity contribution in [1.82, 2.24) is 0 Å². The fourth-order valence-electron chi connectivity index (χ4n) is 0.358. The Kier molecular flexibility index (Phi) is 7.83. The van der Waals surface area contributed by atoms with Crippen LogP contribution in [0.25, 0.3) is 0 Å². The van der Waals surface area contributed by atoms with E-state index in [-0.39, 0.29) is 35.0 Å². The SMILES string of the molecule is O=Cc1ccco1.[Na+].[OH-]. The molecule has 0 saturated heterocycles. The predicted octanol–water partition coefficient (Wildman–Crippen LogP) is -2.08. The maximum absolute atomic E-state index is 9.77. The van der Waals surface area contributed by atoms with Crippen LogP contribution < -0.4 is 29.6 Å². The van der Waals surface area contributed by atoms with Gasteiger partial charge in [0.25, 0.3) is 0 Å². The van der Waals surface area contributed by atoms with Crippen molar-refractivity contribution in [3.8, 4) is 0 Å². The van der Waals surface area contributed by atoms with Crippen molar-refractivity contribution in [1.29, 1.82) is 0 Å². The van der Waals surface area contributed by atoms with Crippen LogP contribution in [-0.2, 0) is 0 Å². The molecular weight excluding hydrogens is 131 g/mol. The van der Waals surface area contributed by atoms with Crippen LogP contribution in [-0.4, -0.2) is 11.8 Å². The van der Waals surface area contributed by atoms with E-state index in [1.54, 1.807) is 12.1 Å². The van der Waals surface area contributed by atoms with Gasteiger partial charge in [-0.05, 0) is 12.1 Å². The maximum atomic E-state index is 9.77. The molecule has 1 aromatic heterocycles. The quantitative estimate of drug-likeness (QED) is 0.329. The van der Waals surface area contributed by atoms with Gasteiger partial charge in [0.15, 0.2) is 12.0 Å². The van der Waals surface area contributed by atoms with E-state index >= 15 is 0 Å². The summed E-state index contributed by atoms with van der Waals surface area (Å²) in [7, 11) is 0. The topological polar surface area (TPSA) is 60.2 Å². The zero-order valence-electron chi connectivity index (χ0n) is 5.07. The standard InChI is InChI=1S/C5H4O2.Na.H2O/c6-4-5-2-1-3-7-5;;/h1-4H;;1H2/q;+1;/p-1. The Hall–Kier alpha value is -0.0900. The van der Waals surface area contributed by atoms with Gasteiger partial charge in [-0.2, -0.15) is 0 Å². The molecule has 0 unspecified atom stereocenters. The van der Waals surface area contributed by atoms with Crippen LogP contribution in [0.1, 0.15) is 10.6 Å². The van der Waals surface area contributed by atoms with Crippen molar-refractivity contribution in [2.75, 3.05) is 0 Å². The fourth-order valence-corrected chi connectivity index (χ4v) is 0.358. The summed E-state index contributed by atoms with van der Waals surface area (Å²) in [5.74, 6) is 0.375. The molecule has 0 saturated carbocycles. The van der Waals surface area contributed by atoms with Crippen molar-refractivity contribution < 1.29 is 44.2 Å². The van der Waals surface area contributed by atoms with Crippen LogP contribution in [0, 0.1) is 0 Å². The third kappa shape index (κ3) is 3.48. The molecule has 0 spiro atoms. The van der Waals surface area contributed by atoms with Gasteiger partial charge in [0.1, 0.15) is 0 Å². The Morgan fingerprint density at radius 2 is 2.22 bits per heavy atom. The van der Waals surface area contributed by atoms with Crippen LogP contribution in [0.5, 0.6) is 0 Å². The first kappa shape index (κ1) is 11.7. The predicted molar refractivity (Wildman–Crippen MR) is 26.0 cm³/mol. The summed E-state index contributed by atoms with van der Waals surface area (Å²) in [6.45, 7) is 0. The maximum Gasteiger partial charge on any atom is 1.00 e. The van der Waals surface area contributed by atoms with Gasteiger partial charge in [0.2, 0.25) is 0 Å². The zero-order chi connectivity index (χ0) is 5.11. The Bertz CT molecular complexity index is 147. The normalized spacial score (nSPS) is 6.67. The first-order valence-electron chi connectivity index (χ1n) is 1.92. The van der Waals surface area contributed by atoms with E-state index in [4.69, 9.17) is 0 Å². The summed E-state index contributed by atoms with van der Waals surface area (Å²) in [6.07, 6.45) is 2.13. The van der Waals surface area contributed by atoms with Gasteiger partial charge in [0, 0.05) is 0 Å². The molecule has 0 amide bonds. The molecule has 0 fully saturated rings. The molecule has 9 heavy (non-hydrogen) atoms. The van der Waals surface area contributed by atoms with Crippen LogP contribution >= 0.6 is 0 Å². The van der Waals surface area contributed by atoms with Crippen molar-refractivity contribution >= 4 is 6.29 Å². The minimum atomic E-state index is 0. The summed E-state index contributed by atoms with van der Waals surface area (Å²) >= 11 is 0. The number of hydrogen-bond acceptors (Lipinski definition) is 3. The monoisotopic (exact) mass is 136 g/mol. The van der Waals surface area contributed by atoms with Crippen molar-refractivity contribution in [2.24, 2.45) is 0 Å². The molecule has 4 heteroatoms. The second-order valence-corrected chi connectivity index (χ2v) is 1.13. The third-order valence-corrected chi connectivity index (χ3v) is 0.659. The largest absolute Gasteiger partial charge is 1.00 e. The van der Waals surface area contributed by atoms with Gasteiger partial charge in [-0.15, -0.1) is 0 Å². The van der Waals surface area contributed by atoms with Gasteiger partial charge in [-0.3, -0.25) is 4.79 Å². The fraction of sp³-hybridized carbons (Fsp3) is 0. The molecule has 0 radical (unpaired) electrons. The molecule has 0 aliphatic carbocycles. The van der Waals surface area contributed by atoms with Crippen molar-refractivity contribution in [3.63, 3.8) is 0 Å². The van der Waals surface area contributed by atoms with Crippen LogP contribution in [0.15, 0.2) is 22.8 Å². The Morgan fingerprint density at radius 1 is 1.56 bits per heavy atom.